The molecule has 4 heterocycles. The molecule has 380 valence electrons. The van der Waals surface area contributed by atoms with E-state index in [1.807, 2.05) is 88.2 Å². The number of carbonyl (C=O) groups is 2. The van der Waals surface area contributed by atoms with Crippen molar-refractivity contribution in [2.24, 2.45) is 5.73 Å². The lowest BCUT2D eigenvalue weighted by Crippen LogP contribution is -2.46. The van der Waals surface area contributed by atoms with Gasteiger partial charge in [0.1, 0.15) is 22.7 Å². The first-order valence-corrected chi connectivity index (χ1v) is 24.2. The smallest absolute Gasteiger partial charge is 0.410 e. The summed E-state index contributed by atoms with van der Waals surface area (Å²) in [6, 6.07) is 42.8. The van der Waals surface area contributed by atoms with E-state index in [-0.39, 0.29) is 29.0 Å². The quantitative estimate of drug-likeness (QED) is 0.0921. The Morgan fingerprint density at radius 1 is 0.667 bits per heavy atom. The molecule has 13 nitrogen and oxygen atoms in total. The van der Waals surface area contributed by atoms with Crippen LogP contribution in [0.1, 0.15) is 87.4 Å². The minimum atomic E-state index is -0.900. The van der Waals surface area contributed by atoms with E-state index in [0.717, 1.165) is 50.8 Å². The molecule has 2 saturated heterocycles. The number of nitrogens with two attached hydrogens (primary N) is 1. The lowest BCUT2D eigenvalue weighted by atomic mass is 9.91. The number of aliphatic hydroxyl groups is 2. The van der Waals surface area contributed by atoms with Crippen LogP contribution in [-0.2, 0) is 55.7 Å². The highest BCUT2D eigenvalue weighted by molar-refractivity contribution is 6.31. The Labute approximate surface area is 437 Å². The maximum absolute atomic E-state index is 12.7. The largest absolute Gasteiger partial charge is 0.417 e. The Morgan fingerprint density at radius 2 is 1.14 bits per heavy atom. The van der Waals surface area contributed by atoms with Gasteiger partial charge in [0.2, 0.25) is 0 Å². The van der Waals surface area contributed by atoms with Crippen LogP contribution in [0.25, 0.3) is 11.4 Å². The third-order valence-corrected chi connectivity index (χ3v) is 12.4. The summed E-state index contributed by atoms with van der Waals surface area (Å²) in [6.45, 7) is 14.5. The number of benzene rings is 5. The Hall–Kier alpha value is -5.87. The zero-order chi connectivity index (χ0) is 51.0. The molecule has 7 aromatic rings. The van der Waals surface area contributed by atoms with E-state index in [0.29, 0.717) is 73.7 Å². The van der Waals surface area contributed by atoms with Crippen molar-refractivity contribution in [1.29, 1.82) is 0 Å². The molecule has 1 amide bonds. The fourth-order valence-electron chi connectivity index (χ4n) is 7.60. The Balaban J connectivity index is 0.000000185. The van der Waals surface area contributed by atoms with Gasteiger partial charge < -0.3 is 30.2 Å². The van der Waals surface area contributed by atoms with Crippen molar-refractivity contribution < 1.29 is 34.0 Å². The maximum atomic E-state index is 12.7. The van der Waals surface area contributed by atoms with Crippen LogP contribution in [0.15, 0.2) is 140 Å². The third-order valence-electron chi connectivity index (χ3n) is 12.0. The Kier molecular flexibility index (Phi) is 18.3. The standard InChI is InChI=1S/C26H29ClN2O3.C16H15NO4.C14H18ClN3.ClH/c1-25(2,3)24-15-22(29(28-24)21-6-4-5-20(27)14-21)11-12-23(30)13-18-7-9-19(10-8-18)26(31)16-32-17-26;18-15(21-14-4-2-1-3-5-14)17-13-8-6-12(7-9-13)16(19)10-20-11-16;1-14(2,3)13-8-12(9-16)18(17-13)11-6-4-5-10(15)7-11;/h4-10,14-15,31H,11-13,16-17H2,1-3H3;1-9,19H,10-11H2,(H,17,18);4-8H,9,16H2,1-3H3;1H. The van der Waals surface area contributed by atoms with Gasteiger partial charge in [-0.15, -0.1) is 12.4 Å². The van der Waals surface area contributed by atoms with Crippen molar-refractivity contribution in [3.63, 3.8) is 0 Å². The van der Waals surface area contributed by atoms with Crippen LogP contribution in [0, 0.1) is 0 Å². The zero-order valence-corrected chi connectivity index (χ0v) is 43.7. The maximum Gasteiger partial charge on any atom is 0.417 e. The monoisotopic (exact) mass is 1040 g/mol. The molecular formula is C56H63Cl3N6O7. The van der Waals surface area contributed by atoms with E-state index in [1.54, 1.807) is 48.5 Å². The van der Waals surface area contributed by atoms with Crippen LogP contribution in [0.5, 0.6) is 5.75 Å². The normalized spacial score (nSPS) is 14.4. The van der Waals surface area contributed by atoms with E-state index in [4.69, 9.17) is 48.2 Å². The number of halogens is 3. The van der Waals surface area contributed by atoms with Gasteiger partial charge in [0.05, 0.1) is 54.9 Å². The van der Waals surface area contributed by atoms with Gasteiger partial charge in [-0.3, -0.25) is 10.1 Å². The fraction of sp³-hybridized carbons (Fsp3) is 0.321. The molecule has 5 N–H and O–H groups in total. The van der Waals surface area contributed by atoms with Crippen molar-refractivity contribution in [2.45, 2.75) is 89.4 Å². The number of hydrogen-bond donors (Lipinski definition) is 4. The van der Waals surface area contributed by atoms with Crippen LogP contribution >= 0.6 is 35.6 Å². The highest BCUT2D eigenvalue weighted by Crippen LogP contribution is 2.32. The van der Waals surface area contributed by atoms with Gasteiger partial charge in [-0.25, -0.2) is 14.2 Å². The van der Waals surface area contributed by atoms with Crippen LogP contribution < -0.4 is 15.8 Å². The zero-order valence-electron chi connectivity index (χ0n) is 41.4. The number of aryl methyl sites for hydroxylation is 1. The first-order valence-electron chi connectivity index (χ1n) is 23.5. The van der Waals surface area contributed by atoms with Crippen molar-refractivity contribution in [3.8, 4) is 17.1 Å². The van der Waals surface area contributed by atoms with Crippen molar-refractivity contribution in [2.75, 3.05) is 31.7 Å². The molecule has 0 atom stereocenters. The first-order chi connectivity index (χ1) is 33.7. The predicted octanol–water partition coefficient (Wildman–Crippen LogP) is 11.0. The number of ether oxygens (including phenoxy) is 3. The predicted molar refractivity (Wildman–Crippen MR) is 285 cm³/mol. The lowest BCUT2D eigenvalue weighted by Gasteiger charge is -2.36. The summed E-state index contributed by atoms with van der Waals surface area (Å²) in [6.07, 6.45) is 0.839. The van der Waals surface area contributed by atoms with E-state index in [1.165, 1.54) is 0 Å². The van der Waals surface area contributed by atoms with Crippen molar-refractivity contribution in [3.05, 3.63) is 189 Å². The van der Waals surface area contributed by atoms with Gasteiger partial charge >= 0.3 is 6.09 Å². The molecule has 0 spiro atoms. The van der Waals surface area contributed by atoms with Crippen molar-refractivity contribution >= 4 is 53.2 Å². The minimum absolute atomic E-state index is 0. The number of ketones is 1. The van der Waals surface area contributed by atoms with Crippen LogP contribution in [0.3, 0.4) is 0 Å². The highest BCUT2D eigenvalue weighted by Gasteiger charge is 2.38. The molecule has 5 aromatic carbocycles. The molecule has 0 aliphatic carbocycles. The van der Waals surface area contributed by atoms with Gasteiger partial charge in [0, 0.05) is 51.6 Å². The van der Waals surface area contributed by atoms with Gasteiger partial charge in [-0.05, 0) is 95.9 Å². The molecule has 0 unspecified atom stereocenters. The topological polar surface area (TPSA) is 176 Å². The van der Waals surface area contributed by atoms with Crippen LogP contribution in [-0.4, -0.2) is 68.1 Å². The lowest BCUT2D eigenvalue weighted by molar-refractivity contribution is -0.184. The number of para-hydroxylation sites is 1. The molecule has 0 saturated carbocycles. The summed E-state index contributed by atoms with van der Waals surface area (Å²) < 4.78 is 19.0. The summed E-state index contributed by atoms with van der Waals surface area (Å²) in [4.78, 5) is 24.4. The molecule has 2 fully saturated rings. The van der Waals surface area contributed by atoms with E-state index in [9.17, 15) is 19.8 Å². The number of nitrogens with zero attached hydrogens (tertiary/aromatic N) is 4. The molecule has 2 aliphatic heterocycles. The first kappa shape index (κ1) is 55.4. The summed E-state index contributed by atoms with van der Waals surface area (Å²) in [5.74, 6) is 0.646. The second kappa shape index (κ2) is 23.8. The molecule has 0 radical (unpaired) electrons. The van der Waals surface area contributed by atoms with E-state index >= 15 is 0 Å². The number of aromatic nitrogens is 4. The average molecular weight is 1040 g/mol. The molecule has 72 heavy (non-hydrogen) atoms. The summed E-state index contributed by atoms with van der Waals surface area (Å²) in [7, 11) is 0. The number of Topliss-reactive ketones (excluding diaryl/α,β-unsaturated/α-hetero) is 1. The third kappa shape index (κ3) is 14.4. The molecular weight excluding hydrogens is 975 g/mol. The molecule has 9 rings (SSSR count). The van der Waals surface area contributed by atoms with Crippen molar-refractivity contribution in [1.82, 2.24) is 19.6 Å². The molecule has 2 aliphatic rings. The number of anilines is 1. The van der Waals surface area contributed by atoms with Gasteiger partial charge in [-0.1, -0.05) is 131 Å². The fourth-order valence-corrected chi connectivity index (χ4v) is 7.97. The summed E-state index contributed by atoms with van der Waals surface area (Å²) in [5, 5.41) is 33.9. The molecule has 0 bridgehead atoms. The molecule has 16 heteroatoms. The number of rotatable bonds is 12. The summed E-state index contributed by atoms with van der Waals surface area (Å²) in [5.41, 5.74) is 12.9. The van der Waals surface area contributed by atoms with Gasteiger partial charge in [-0.2, -0.15) is 10.2 Å². The second-order valence-electron chi connectivity index (χ2n) is 19.9. The Morgan fingerprint density at radius 3 is 1.58 bits per heavy atom. The average Bonchev–Trinajstić information content (AvgIpc) is 3.97. The van der Waals surface area contributed by atoms with Gasteiger partial charge in [0.25, 0.3) is 0 Å². The number of amides is 1. The van der Waals surface area contributed by atoms with Crippen LogP contribution in [0.4, 0.5) is 10.5 Å². The van der Waals surface area contributed by atoms with Crippen LogP contribution in [0.2, 0.25) is 10.0 Å². The minimum Gasteiger partial charge on any atom is -0.410 e. The number of hydrogen-bond acceptors (Lipinski definition) is 10. The second-order valence-corrected chi connectivity index (χ2v) is 20.8. The number of carbonyl (C=O) groups excluding carboxylic acids is 2. The Bertz CT molecular complexity index is 2900. The summed E-state index contributed by atoms with van der Waals surface area (Å²) >= 11 is 12.2. The highest BCUT2D eigenvalue weighted by atomic mass is 35.5. The molecule has 2 aromatic heterocycles. The SMILES string of the molecule is CC(C)(C)c1cc(CCC(=O)Cc2ccc(C3(O)COC3)cc2)n(-c2cccc(Cl)c2)n1.CC(C)(C)c1cc(CN)n(-c2cccc(Cl)c2)n1.Cl.O=C(Nc1ccc(C2(O)COC2)cc1)Oc1ccccc1. The number of nitrogens with one attached hydrogen (secondary N) is 1. The van der Waals surface area contributed by atoms with Gasteiger partial charge in [0.15, 0.2) is 0 Å². The van der Waals surface area contributed by atoms with E-state index in [2.05, 4.69) is 64.1 Å². The van der Waals surface area contributed by atoms with E-state index < -0.39 is 17.3 Å².